The molecule has 1 aliphatic heterocycles. The number of sulfonamides is 1. The fourth-order valence-electron chi connectivity index (χ4n) is 2.39. The third-order valence-corrected chi connectivity index (χ3v) is 4.96. The SMILES string of the molecule is COc1cc(N)ccc1S(=O)(=O)Nc1ccc2c(c1)B(O)OC2. The lowest BCUT2D eigenvalue weighted by molar-refractivity contribution is 0.275. The number of nitrogens with two attached hydrogens (primary N) is 1. The molecule has 0 saturated heterocycles. The van der Waals surface area contributed by atoms with Crippen LogP contribution in [0.25, 0.3) is 0 Å². The summed E-state index contributed by atoms with van der Waals surface area (Å²) in [4.78, 5) is -0.0218. The quantitative estimate of drug-likeness (QED) is 0.548. The largest absolute Gasteiger partial charge is 0.495 e. The minimum Gasteiger partial charge on any atom is -0.495 e. The van der Waals surface area contributed by atoms with Gasteiger partial charge >= 0.3 is 7.12 Å². The number of ether oxygens (including phenoxy) is 1. The standard InChI is InChI=1S/C14H15BN2O5S/c1-21-13-6-10(16)3-5-14(13)23(19,20)17-11-4-2-9-8-22-15(18)12(9)7-11/h2-7,17-18H,8,16H2,1H3. The Balaban J connectivity index is 1.95. The van der Waals surface area contributed by atoms with E-state index in [-0.39, 0.29) is 10.6 Å². The first-order chi connectivity index (χ1) is 10.9. The molecule has 7 nitrogen and oxygen atoms in total. The number of methoxy groups -OCH3 is 1. The summed E-state index contributed by atoms with van der Waals surface area (Å²) >= 11 is 0. The highest BCUT2D eigenvalue weighted by Crippen LogP contribution is 2.28. The first-order valence-electron chi connectivity index (χ1n) is 6.79. The van der Waals surface area contributed by atoms with Gasteiger partial charge in [-0.1, -0.05) is 6.07 Å². The molecule has 0 fully saturated rings. The van der Waals surface area contributed by atoms with E-state index in [9.17, 15) is 13.4 Å². The fourth-order valence-corrected chi connectivity index (χ4v) is 3.60. The highest BCUT2D eigenvalue weighted by atomic mass is 32.2. The molecule has 0 aliphatic carbocycles. The number of rotatable bonds is 4. The topological polar surface area (TPSA) is 111 Å². The Morgan fingerprint density at radius 1 is 1.30 bits per heavy atom. The van der Waals surface area contributed by atoms with Gasteiger partial charge in [0, 0.05) is 17.4 Å². The van der Waals surface area contributed by atoms with Crippen molar-refractivity contribution in [2.75, 3.05) is 17.6 Å². The van der Waals surface area contributed by atoms with Crippen molar-refractivity contribution in [3.63, 3.8) is 0 Å². The highest BCUT2D eigenvalue weighted by molar-refractivity contribution is 7.92. The molecule has 4 N–H and O–H groups in total. The Morgan fingerprint density at radius 3 is 2.83 bits per heavy atom. The average Bonchev–Trinajstić information content (AvgIpc) is 2.87. The molecule has 0 bridgehead atoms. The van der Waals surface area contributed by atoms with Crippen LogP contribution in [0.4, 0.5) is 11.4 Å². The van der Waals surface area contributed by atoms with Crippen LogP contribution in [0.15, 0.2) is 41.3 Å². The maximum atomic E-state index is 12.5. The summed E-state index contributed by atoms with van der Waals surface area (Å²) in [5.41, 5.74) is 7.74. The van der Waals surface area contributed by atoms with E-state index in [1.807, 2.05) is 0 Å². The van der Waals surface area contributed by atoms with Crippen LogP contribution >= 0.6 is 0 Å². The molecule has 0 spiro atoms. The first-order valence-corrected chi connectivity index (χ1v) is 8.28. The fraction of sp³-hybridized carbons (Fsp3) is 0.143. The second-order valence-corrected chi connectivity index (χ2v) is 6.74. The summed E-state index contributed by atoms with van der Waals surface area (Å²) in [7, 11) is -3.53. The molecule has 0 radical (unpaired) electrons. The summed E-state index contributed by atoms with van der Waals surface area (Å²) in [6.45, 7) is 0.301. The molecule has 0 amide bonds. The van der Waals surface area contributed by atoms with Crippen molar-refractivity contribution in [2.45, 2.75) is 11.5 Å². The molecular formula is C14H15BN2O5S. The molecule has 1 aliphatic rings. The molecule has 9 heteroatoms. The molecule has 0 aromatic heterocycles. The van der Waals surface area contributed by atoms with E-state index in [4.69, 9.17) is 15.1 Å². The predicted octanol–water partition coefficient (Wildman–Crippen LogP) is 0.296. The van der Waals surface area contributed by atoms with Gasteiger partial charge in [-0.15, -0.1) is 0 Å². The van der Waals surface area contributed by atoms with Gasteiger partial charge in [0.2, 0.25) is 0 Å². The van der Waals surface area contributed by atoms with E-state index >= 15 is 0 Å². The van der Waals surface area contributed by atoms with Crippen molar-refractivity contribution >= 4 is 34.0 Å². The van der Waals surface area contributed by atoms with Crippen molar-refractivity contribution in [1.29, 1.82) is 0 Å². The van der Waals surface area contributed by atoms with Gasteiger partial charge in [-0.25, -0.2) is 8.42 Å². The number of nitrogen functional groups attached to an aromatic ring is 1. The predicted molar refractivity (Wildman–Crippen MR) is 87.1 cm³/mol. The molecule has 1 heterocycles. The minimum absolute atomic E-state index is 0.0218. The van der Waals surface area contributed by atoms with Gasteiger partial charge < -0.3 is 20.1 Å². The van der Waals surface area contributed by atoms with Gasteiger partial charge in [0.25, 0.3) is 10.0 Å². The van der Waals surface area contributed by atoms with Gasteiger partial charge in [0.05, 0.1) is 13.7 Å². The van der Waals surface area contributed by atoms with Crippen LogP contribution in [0.3, 0.4) is 0 Å². The Labute approximate surface area is 134 Å². The maximum absolute atomic E-state index is 12.5. The van der Waals surface area contributed by atoms with Crippen LogP contribution in [-0.4, -0.2) is 27.7 Å². The Hall–Kier alpha value is -2.23. The zero-order valence-electron chi connectivity index (χ0n) is 12.3. The number of hydrogen-bond donors (Lipinski definition) is 3. The normalized spacial score (nSPS) is 13.7. The van der Waals surface area contributed by atoms with E-state index in [0.717, 1.165) is 5.56 Å². The van der Waals surface area contributed by atoms with Crippen LogP contribution in [0.2, 0.25) is 0 Å². The monoisotopic (exact) mass is 334 g/mol. The Morgan fingerprint density at radius 2 is 2.09 bits per heavy atom. The maximum Gasteiger partial charge on any atom is 0.491 e. The molecule has 0 unspecified atom stereocenters. The minimum atomic E-state index is -3.86. The summed E-state index contributed by atoms with van der Waals surface area (Å²) in [5.74, 6) is 0.155. The zero-order chi connectivity index (χ0) is 16.6. The second kappa shape index (κ2) is 5.76. The molecule has 120 valence electrons. The van der Waals surface area contributed by atoms with Crippen LogP contribution in [0, 0.1) is 0 Å². The summed E-state index contributed by atoms with van der Waals surface area (Å²) in [5, 5.41) is 9.70. The van der Waals surface area contributed by atoms with Gasteiger partial charge in [0.15, 0.2) is 0 Å². The van der Waals surface area contributed by atoms with Crippen LogP contribution in [-0.2, 0) is 21.3 Å². The Bertz CT molecular complexity index is 856. The van der Waals surface area contributed by atoms with E-state index in [1.54, 1.807) is 18.2 Å². The van der Waals surface area contributed by atoms with Crippen LogP contribution in [0.1, 0.15) is 5.56 Å². The van der Waals surface area contributed by atoms with E-state index < -0.39 is 17.1 Å². The number of nitrogens with one attached hydrogen (secondary N) is 1. The number of benzene rings is 2. The molecule has 2 aromatic carbocycles. The molecule has 0 saturated carbocycles. The smallest absolute Gasteiger partial charge is 0.491 e. The summed E-state index contributed by atoms with van der Waals surface area (Å²) in [6, 6.07) is 9.17. The average molecular weight is 334 g/mol. The lowest BCUT2D eigenvalue weighted by Gasteiger charge is -2.13. The molecule has 3 rings (SSSR count). The zero-order valence-corrected chi connectivity index (χ0v) is 13.1. The summed E-state index contributed by atoms with van der Waals surface area (Å²) < 4.78 is 37.7. The van der Waals surface area contributed by atoms with Gasteiger partial charge in [-0.2, -0.15) is 0 Å². The highest BCUT2D eigenvalue weighted by Gasteiger charge is 2.28. The lowest BCUT2D eigenvalue weighted by Crippen LogP contribution is -2.28. The van der Waals surface area contributed by atoms with Gasteiger partial charge in [-0.05, 0) is 35.3 Å². The van der Waals surface area contributed by atoms with E-state index in [2.05, 4.69) is 4.72 Å². The van der Waals surface area contributed by atoms with Crippen molar-refractivity contribution in [1.82, 2.24) is 0 Å². The second-order valence-electron chi connectivity index (χ2n) is 5.09. The lowest BCUT2D eigenvalue weighted by atomic mass is 9.79. The van der Waals surface area contributed by atoms with Crippen molar-refractivity contribution in [3.8, 4) is 5.75 Å². The van der Waals surface area contributed by atoms with Crippen LogP contribution in [0.5, 0.6) is 5.75 Å². The van der Waals surface area contributed by atoms with Crippen molar-refractivity contribution in [2.24, 2.45) is 0 Å². The van der Waals surface area contributed by atoms with E-state index in [0.29, 0.717) is 23.4 Å². The molecule has 23 heavy (non-hydrogen) atoms. The van der Waals surface area contributed by atoms with Crippen molar-refractivity contribution in [3.05, 3.63) is 42.0 Å². The first kappa shape index (κ1) is 15.7. The third-order valence-electron chi connectivity index (χ3n) is 3.54. The molecule has 0 atom stereocenters. The molecule has 2 aromatic rings. The van der Waals surface area contributed by atoms with Crippen molar-refractivity contribution < 1.29 is 22.8 Å². The third kappa shape index (κ3) is 2.98. The number of hydrogen-bond acceptors (Lipinski definition) is 6. The number of anilines is 2. The van der Waals surface area contributed by atoms with Gasteiger partial charge in [0.1, 0.15) is 10.6 Å². The van der Waals surface area contributed by atoms with Crippen LogP contribution < -0.4 is 20.7 Å². The summed E-state index contributed by atoms with van der Waals surface area (Å²) in [6.07, 6.45) is 0. The van der Waals surface area contributed by atoms with Gasteiger partial charge in [-0.3, -0.25) is 4.72 Å². The van der Waals surface area contributed by atoms with E-state index in [1.165, 1.54) is 25.3 Å². The Kier molecular flexibility index (Phi) is 3.93. The number of fused-ring (bicyclic) bond motifs is 1. The molecular weight excluding hydrogens is 319 g/mol.